The molecular weight excluding hydrogens is 216 g/mol. The summed E-state index contributed by atoms with van der Waals surface area (Å²) < 4.78 is 7.04. The molecule has 0 aromatic carbocycles. The Morgan fingerprint density at radius 3 is 2.88 bits per heavy atom. The van der Waals surface area contributed by atoms with E-state index < -0.39 is 0 Å². The molecule has 0 saturated carbocycles. The number of rotatable bonds is 1. The van der Waals surface area contributed by atoms with E-state index in [1.54, 1.807) is 29.0 Å². The lowest BCUT2D eigenvalue weighted by Gasteiger charge is -1.98. The van der Waals surface area contributed by atoms with Gasteiger partial charge in [-0.3, -0.25) is 4.40 Å². The highest BCUT2D eigenvalue weighted by Gasteiger charge is 2.12. The van der Waals surface area contributed by atoms with Gasteiger partial charge in [-0.05, 0) is 25.1 Å². The standard InChI is InChI=1S/C12H8N4O/c1-8-10(4-5-17-8)12-15-14-11-3-2-9(6-13)7-16(11)12/h2-5,7H,1H3. The Bertz CT molecular complexity index is 732. The van der Waals surface area contributed by atoms with Gasteiger partial charge in [0.15, 0.2) is 11.5 Å². The van der Waals surface area contributed by atoms with Crippen molar-refractivity contribution in [3.05, 3.63) is 42.0 Å². The Morgan fingerprint density at radius 2 is 2.18 bits per heavy atom. The molecule has 17 heavy (non-hydrogen) atoms. The third-order valence-electron chi connectivity index (χ3n) is 2.63. The van der Waals surface area contributed by atoms with Crippen LogP contribution in [0.3, 0.4) is 0 Å². The van der Waals surface area contributed by atoms with Gasteiger partial charge < -0.3 is 4.42 Å². The Morgan fingerprint density at radius 1 is 1.29 bits per heavy atom. The largest absolute Gasteiger partial charge is 0.469 e. The molecule has 0 fully saturated rings. The summed E-state index contributed by atoms with van der Waals surface area (Å²) in [6, 6.07) is 7.42. The number of nitrogens with zero attached hydrogens (tertiary/aromatic N) is 4. The van der Waals surface area contributed by atoms with E-state index in [-0.39, 0.29) is 0 Å². The van der Waals surface area contributed by atoms with Crippen LogP contribution < -0.4 is 0 Å². The van der Waals surface area contributed by atoms with Crippen LogP contribution in [0.2, 0.25) is 0 Å². The summed E-state index contributed by atoms with van der Waals surface area (Å²) in [6.07, 6.45) is 3.33. The highest BCUT2D eigenvalue weighted by atomic mass is 16.3. The normalized spacial score (nSPS) is 10.6. The summed E-state index contributed by atoms with van der Waals surface area (Å²) >= 11 is 0. The van der Waals surface area contributed by atoms with Crippen LogP contribution in [-0.2, 0) is 0 Å². The van der Waals surface area contributed by atoms with Crippen LogP contribution in [-0.4, -0.2) is 14.6 Å². The van der Waals surface area contributed by atoms with Crippen molar-refractivity contribution < 1.29 is 4.42 Å². The van der Waals surface area contributed by atoms with E-state index >= 15 is 0 Å². The summed E-state index contributed by atoms with van der Waals surface area (Å²) in [6.45, 7) is 1.87. The molecule has 0 amide bonds. The summed E-state index contributed by atoms with van der Waals surface area (Å²) in [5.74, 6) is 1.46. The van der Waals surface area contributed by atoms with Crippen LogP contribution >= 0.6 is 0 Å². The fraction of sp³-hybridized carbons (Fsp3) is 0.0833. The molecule has 0 N–H and O–H groups in total. The Hall–Kier alpha value is -2.61. The topological polar surface area (TPSA) is 67.1 Å². The minimum Gasteiger partial charge on any atom is -0.469 e. The van der Waals surface area contributed by atoms with Gasteiger partial charge in [-0.15, -0.1) is 10.2 Å². The number of hydrogen-bond donors (Lipinski definition) is 0. The Labute approximate surface area is 96.9 Å². The van der Waals surface area contributed by atoms with E-state index in [0.717, 1.165) is 11.3 Å². The van der Waals surface area contributed by atoms with E-state index in [2.05, 4.69) is 16.3 Å². The first-order valence-corrected chi connectivity index (χ1v) is 5.09. The zero-order valence-electron chi connectivity index (χ0n) is 9.08. The molecule has 3 aromatic heterocycles. The van der Waals surface area contributed by atoms with E-state index in [9.17, 15) is 0 Å². The number of aromatic nitrogens is 3. The predicted octanol–water partition coefficient (Wildman–Crippen LogP) is 2.17. The van der Waals surface area contributed by atoms with Gasteiger partial charge in [-0.25, -0.2) is 0 Å². The van der Waals surface area contributed by atoms with Gasteiger partial charge in [-0.2, -0.15) is 5.26 Å². The summed E-state index contributed by atoms with van der Waals surface area (Å²) in [5, 5.41) is 17.1. The third-order valence-corrected chi connectivity index (χ3v) is 2.63. The molecule has 3 heterocycles. The molecule has 0 saturated heterocycles. The zero-order chi connectivity index (χ0) is 11.8. The fourth-order valence-corrected chi connectivity index (χ4v) is 1.76. The van der Waals surface area contributed by atoms with Crippen LogP contribution in [0.5, 0.6) is 0 Å². The molecule has 0 atom stereocenters. The van der Waals surface area contributed by atoms with Gasteiger partial charge in [0, 0.05) is 6.20 Å². The number of hydrogen-bond acceptors (Lipinski definition) is 4. The van der Waals surface area contributed by atoms with Crippen molar-refractivity contribution in [2.24, 2.45) is 0 Å². The third kappa shape index (κ3) is 1.39. The average molecular weight is 224 g/mol. The average Bonchev–Trinajstić information content (AvgIpc) is 2.94. The first-order chi connectivity index (χ1) is 8.29. The summed E-state index contributed by atoms with van der Waals surface area (Å²) in [7, 11) is 0. The predicted molar refractivity (Wildman–Crippen MR) is 60.1 cm³/mol. The number of furan rings is 1. The maximum Gasteiger partial charge on any atom is 0.171 e. The first kappa shape index (κ1) is 9.60. The minimum atomic E-state index is 0.569. The lowest BCUT2D eigenvalue weighted by molar-refractivity contribution is 0.535. The molecule has 0 radical (unpaired) electrons. The van der Waals surface area contributed by atoms with Crippen LogP contribution in [0.4, 0.5) is 0 Å². The molecule has 3 rings (SSSR count). The maximum absolute atomic E-state index is 8.89. The molecule has 0 unspecified atom stereocenters. The number of fused-ring (bicyclic) bond motifs is 1. The van der Waals surface area contributed by atoms with Crippen molar-refractivity contribution in [2.75, 3.05) is 0 Å². The fourth-order valence-electron chi connectivity index (χ4n) is 1.76. The second kappa shape index (κ2) is 3.46. The van der Waals surface area contributed by atoms with Crippen LogP contribution in [0, 0.1) is 18.3 Å². The maximum atomic E-state index is 8.89. The molecule has 0 aliphatic rings. The van der Waals surface area contributed by atoms with Crippen molar-refractivity contribution >= 4 is 5.65 Å². The second-order valence-corrected chi connectivity index (χ2v) is 3.67. The lowest BCUT2D eigenvalue weighted by Crippen LogP contribution is -1.90. The molecule has 0 aliphatic carbocycles. The quantitative estimate of drug-likeness (QED) is 0.635. The molecule has 82 valence electrons. The van der Waals surface area contributed by atoms with E-state index in [4.69, 9.17) is 9.68 Å². The molecule has 0 spiro atoms. The van der Waals surface area contributed by atoms with Crippen LogP contribution in [0.1, 0.15) is 11.3 Å². The van der Waals surface area contributed by atoms with Crippen molar-refractivity contribution in [2.45, 2.75) is 6.92 Å². The van der Waals surface area contributed by atoms with Crippen molar-refractivity contribution in [3.63, 3.8) is 0 Å². The number of pyridine rings is 1. The van der Waals surface area contributed by atoms with Crippen molar-refractivity contribution in [1.82, 2.24) is 14.6 Å². The van der Waals surface area contributed by atoms with E-state index in [1.165, 1.54) is 0 Å². The van der Waals surface area contributed by atoms with Crippen molar-refractivity contribution in [3.8, 4) is 17.5 Å². The molecule has 0 bridgehead atoms. The monoisotopic (exact) mass is 224 g/mol. The number of nitriles is 1. The summed E-state index contributed by atoms with van der Waals surface area (Å²) in [4.78, 5) is 0. The Balaban J connectivity index is 2.31. The van der Waals surface area contributed by atoms with Gasteiger partial charge in [0.05, 0.1) is 17.4 Å². The molecule has 5 nitrogen and oxygen atoms in total. The Kier molecular flexibility index (Phi) is 1.95. The van der Waals surface area contributed by atoms with Crippen LogP contribution in [0.15, 0.2) is 35.1 Å². The second-order valence-electron chi connectivity index (χ2n) is 3.67. The molecule has 3 aromatic rings. The van der Waals surface area contributed by atoms with Gasteiger partial charge in [0.1, 0.15) is 11.8 Å². The molecule has 5 heteroatoms. The van der Waals surface area contributed by atoms with E-state index in [1.807, 2.05) is 13.0 Å². The lowest BCUT2D eigenvalue weighted by atomic mass is 10.2. The highest BCUT2D eigenvalue weighted by molar-refractivity contribution is 5.61. The van der Waals surface area contributed by atoms with Gasteiger partial charge >= 0.3 is 0 Å². The van der Waals surface area contributed by atoms with E-state index in [0.29, 0.717) is 17.0 Å². The SMILES string of the molecule is Cc1occc1-c1nnc2ccc(C#N)cn12. The van der Waals surface area contributed by atoms with Crippen LogP contribution in [0.25, 0.3) is 17.0 Å². The molecular formula is C12H8N4O. The van der Waals surface area contributed by atoms with Gasteiger partial charge in [-0.1, -0.05) is 0 Å². The van der Waals surface area contributed by atoms with Gasteiger partial charge in [0.25, 0.3) is 0 Å². The molecule has 0 aliphatic heterocycles. The van der Waals surface area contributed by atoms with Crippen molar-refractivity contribution in [1.29, 1.82) is 5.26 Å². The smallest absolute Gasteiger partial charge is 0.171 e. The summed E-state index contributed by atoms with van der Waals surface area (Å²) in [5.41, 5.74) is 2.16. The number of aryl methyl sites for hydroxylation is 1. The zero-order valence-corrected chi connectivity index (χ0v) is 9.08. The minimum absolute atomic E-state index is 0.569. The highest BCUT2D eigenvalue weighted by Crippen LogP contribution is 2.23. The van der Waals surface area contributed by atoms with Gasteiger partial charge in [0.2, 0.25) is 0 Å². The first-order valence-electron chi connectivity index (χ1n) is 5.09.